The molecule has 0 fully saturated rings. The van der Waals surface area contributed by atoms with Crippen LogP contribution in [0.25, 0.3) is 0 Å². The standard InChI is InChI=1S/C13H16Br2O2/c1-10(16)12-9-11(15)5-6-13(12)17-8-4-2-3-7-14/h5-6,9H,2-4,7-8H2,1H3. The van der Waals surface area contributed by atoms with Gasteiger partial charge in [0.1, 0.15) is 5.75 Å². The number of ketones is 1. The highest BCUT2D eigenvalue weighted by Gasteiger charge is 2.08. The van der Waals surface area contributed by atoms with Gasteiger partial charge in [0.05, 0.1) is 12.2 Å². The van der Waals surface area contributed by atoms with Gasteiger partial charge in [-0.15, -0.1) is 0 Å². The van der Waals surface area contributed by atoms with Crippen LogP contribution in [0.3, 0.4) is 0 Å². The molecule has 0 amide bonds. The fourth-order valence-electron chi connectivity index (χ4n) is 1.46. The topological polar surface area (TPSA) is 26.3 Å². The van der Waals surface area contributed by atoms with E-state index < -0.39 is 0 Å². The zero-order valence-corrected chi connectivity index (χ0v) is 13.0. The van der Waals surface area contributed by atoms with Crippen LogP contribution in [0.15, 0.2) is 22.7 Å². The molecule has 17 heavy (non-hydrogen) atoms. The lowest BCUT2D eigenvalue weighted by Gasteiger charge is -2.09. The minimum absolute atomic E-state index is 0.0294. The van der Waals surface area contributed by atoms with E-state index >= 15 is 0 Å². The van der Waals surface area contributed by atoms with Crippen LogP contribution in [0.4, 0.5) is 0 Å². The van der Waals surface area contributed by atoms with E-state index in [0.717, 1.165) is 29.1 Å². The van der Waals surface area contributed by atoms with Gasteiger partial charge >= 0.3 is 0 Å². The third-order valence-electron chi connectivity index (χ3n) is 2.36. The van der Waals surface area contributed by atoms with Gasteiger partial charge in [0.15, 0.2) is 5.78 Å². The molecule has 1 aromatic rings. The SMILES string of the molecule is CC(=O)c1cc(Br)ccc1OCCCCCBr. The van der Waals surface area contributed by atoms with Crippen LogP contribution in [-0.2, 0) is 0 Å². The molecule has 0 aliphatic rings. The molecule has 4 heteroatoms. The molecule has 0 unspecified atom stereocenters. The molecule has 0 aliphatic carbocycles. The maximum atomic E-state index is 11.4. The predicted octanol–water partition coefficient (Wildman–Crippen LogP) is 4.60. The summed E-state index contributed by atoms with van der Waals surface area (Å²) in [6, 6.07) is 5.53. The fourth-order valence-corrected chi connectivity index (χ4v) is 2.22. The molecule has 0 radical (unpaired) electrons. The number of halogens is 2. The van der Waals surface area contributed by atoms with Crippen molar-refractivity contribution in [2.75, 3.05) is 11.9 Å². The summed E-state index contributed by atoms with van der Waals surface area (Å²) in [6.45, 7) is 2.22. The second-order valence-corrected chi connectivity index (χ2v) is 5.50. The highest BCUT2D eigenvalue weighted by molar-refractivity contribution is 9.10. The van der Waals surface area contributed by atoms with Crippen LogP contribution in [0.1, 0.15) is 36.5 Å². The Morgan fingerprint density at radius 1 is 1.29 bits per heavy atom. The molecule has 0 saturated carbocycles. The molecule has 1 rings (SSSR count). The Hall–Kier alpha value is -0.350. The number of Topliss-reactive ketones (excluding diaryl/α,β-unsaturated/α-hetero) is 1. The van der Waals surface area contributed by atoms with Crippen molar-refractivity contribution in [1.82, 2.24) is 0 Å². The number of carbonyl (C=O) groups is 1. The first-order valence-corrected chi connectivity index (χ1v) is 7.56. The summed E-state index contributed by atoms with van der Waals surface area (Å²) in [4.78, 5) is 11.4. The molecule has 0 saturated heterocycles. The number of alkyl halides is 1. The minimum atomic E-state index is 0.0294. The Morgan fingerprint density at radius 2 is 2.06 bits per heavy atom. The molecule has 0 aromatic heterocycles. The number of hydrogen-bond acceptors (Lipinski definition) is 2. The van der Waals surface area contributed by atoms with Crippen LogP contribution in [0, 0.1) is 0 Å². The smallest absolute Gasteiger partial charge is 0.163 e. The first-order valence-electron chi connectivity index (χ1n) is 5.64. The number of ether oxygens (including phenoxy) is 1. The molecule has 1 aromatic carbocycles. The Labute approximate surface area is 119 Å². The monoisotopic (exact) mass is 362 g/mol. The van der Waals surface area contributed by atoms with Crippen LogP contribution in [0.5, 0.6) is 5.75 Å². The second-order valence-electron chi connectivity index (χ2n) is 3.79. The zero-order chi connectivity index (χ0) is 12.7. The number of unbranched alkanes of at least 4 members (excludes halogenated alkanes) is 2. The minimum Gasteiger partial charge on any atom is -0.493 e. The van der Waals surface area contributed by atoms with Gasteiger partial charge < -0.3 is 4.74 Å². The molecular weight excluding hydrogens is 348 g/mol. The number of carbonyl (C=O) groups excluding carboxylic acids is 1. The highest BCUT2D eigenvalue weighted by Crippen LogP contribution is 2.24. The van der Waals surface area contributed by atoms with Crippen LogP contribution in [-0.4, -0.2) is 17.7 Å². The summed E-state index contributed by atoms with van der Waals surface area (Å²) in [5.74, 6) is 0.710. The Kier molecular flexibility index (Phi) is 6.82. The van der Waals surface area contributed by atoms with E-state index in [0.29, 0.717) is 17.9 Å². The summed E-state index contributed by atoms with van der Waals surface area (Å²) in [6.07, 6.45) is 3.31. The Bertz CT molecular complexity index is 378. The van der Waals surface area contributed by atoms with Gasteiger partial charge in [-0.3, -0.25) is 4.79 Å². The highest BCUT2D eigenvalue weighted by atomic mass is 79.9. The number of rotatable bonds is 7. The van der Waals surface area contributed by atoms with Crippen LogP contribution >= 0.6 is 31.9 Å². The maximum absolute atomic E-state index is 11.4. The van der Waals surface area contributed by atoms with Gasteiger partial charge in [0.25, 0.3) is 0 Å². The summed E-state index contributed by atoms with van der Waals surface area (Å²) in [5.41, 5.74) is 0.639. The largest absolute Gasteiger partial charge is 0.493 e. The molecule has 2 nitrogen and oxygen atoms in total. The summed E-state index contributed by atoms with van der Waals surface area (Å²) in [5, 5.41) is 1.03. The summed E-state index contributed by atoms with van der Waals surface area (Å²) in [7, 11) is 0. The fraction of sp³-hybridized carbons (Fsp3) is 0.462. The summed E-state index contributed by atoms with van der Waals surface area (Å²) >= 11 is 6.75. The Balaban J connectivity index is 2.55. The van der Waals surface area contributed by atoms with Crippen molar-refractivity contribution >= 4 is 37.6 Å². The van der Waals surface area contributed by atoms with Crippen LogP contribution < -0.4 is 4.74 Å². The number of benzene rings is 1. The molecular formula is C13H16Br2O2. The van der Waals surface area contributed by atoms with Gasteiger partial charge in [-0.05, 0) is 44.4 Å². The normalized spacial score (nSPS) is 10.3. The van der Waals surface area contributed by atoms with Crippen molar-refractivity contribution in [1.29, 1.82) is 0 Å². The lowest BCUT2D eigenvalue weighted by Crippen LogP contribution is -2.03. The molecule has 0 aliphatic heterocycles. The molecule has 0 bridgehead atoms. The zero-order valence-electron chi connectivity index (χ0n) is 9.84. The molecule has 0 heterocycles. The summed E-state index contributed by atoms with van der Waals surface area (Å²) < 4.78 is 6.54. The Morgan fingerprint density at radius 3 is 2.71 bits per heavy atom. The quantitative estimate of drug-likeness (QED) is 0.402. The van der Waals surface area contributed by atoms with Gasteiger partial charge in [-0.25, -0.2) is 0 Å². The van der Waals surface area contributed by atoms with E-state index in [4.69, 9.17) is 4.74 Å². The predicted molar refractivity (Wildman–Crippen MR) is 77.3 cm³/mol. The van der Waals surface area contributed by atoms with Gasteiger partial charge in [-0.2, -0.15) is 0 Å². The molecule has 94 valence electrons. The van der Waals surface area contributed by atoms with E-state index in [1.54, 1.807) is 13.0 Å². The third-order valence-corrected chi connectivity index (χ3v) is 3.41. The lowest BCUT2D eigenvalue weighted by molar-refractivity contribution is 0.101. The van der Waals surface area contributed by atoms with E-state index in [2.05, 4.69) is 31.9 Å². The van der Waals surface area contributed by atoms with Crippen molar-refractivity contribution in [3.63, 3.8) is 0 Å². The van der Waals surface area contributed by atoms with E-state index in [9.17, 15) is 4.79 Å². The van der Waals surface area contributed by atoms with E-state index in [-0.39, 0.29) is 5.78 Å². The molecule has 0 atom stereocenters. The molecule has 0 N–H and O–H groups in total. The first kappa shape index (κ1) is 14.7. The molecule has 0 spiro atoms. The first-order chi connectivity index (χ1) is 8.15. The van der Waals surface area contributed by atoms with Crippen LogP contribution in [0.2, 0.25) is 0 Å². The lowest BCUT2D eigenvalue weighted by atomic mass is 10.1. The maximum Gasteiger partial charge on any atom is 0.163 e. The van der Waals surface area contributed by atoms with Gasteiger partial charge in [0.2, 0.25) is 0 Å². The van der Waals surface area contributed by atoms with Gasteiger partial charge in [0, 0.05) is 9.80 Å². The van der Waals surface area contributed by atoms with Gasteiger partial charge in [-0.1, -0.05) is 31.9 Å². The number of hydrogen-bond donors (Lipinski definition) is 0. The van der Waals surface area contributed by atoms with Crippen molar-refractivity contribution < 1.29 is 9.53 Å². The van der Waals surface area contributed by atoms with Crippen molar-refractivity contribution in [2.24, 2.45) is 0 Å². The van der Waals surface area contributed by atoms with E-state index in [1.807, 2.05) is 12.1 Å². The van der Waals surface area contributed by atoms with Crippen molar-refractivity contribution in [3.05, 3.63) is 28.2 Å². The second kappa shape index (κ2) is 7.88. The van der Waals surface area contributed by atoms with Crippen molar-refractivity contribution in [2.45, 2.75) is 26.2 Å². The average Bonchev–Trinajstić information content (AvgIpc) is 2.30. The van der Waals surface area contributed by atoms with E-state index in [1.165, 1.54) is 0 Å². The third kappa shape index (κ3) is 5.21. The van der Waals surface area contributed by atoms with Crippen molar-refractivity contribution in [3.8, 4) is 5.75 Å². The average molecular weight is 364 g/mol.